The van der Waals surface area contributed by atoms with Crippen LogP contribution in [0.5, 0.6) is 0 Å². The van der Waals surface area contributed by atoms with Gasteiger partial charge in [0.1, 0.15) is 6.61 Å². The molecule has 5 amide bonds. The van der Waals surface area contributed by atoms with Crippen LogP contribution in [0, 0.1) is 11.8 Å². The lowest BCUT2D eigenvalue weighted by atomic mass is 9.78. The number of piperidine rings is 3. The van der Waals surface area contributed by atoms with Crippen LogP contribution >= 0.6 is 11.6 Å². The molecule has 0 aromatic heterocycles. The van der Waals surface area contributed by atoms with E-state index in [2.05, 4.69) is 10.2 Å². The Kier molecular flexibility index (Phi) is 13.6. The Hall–Kier alpha value is -4.77. The maximum atomic E-state index is 14.2. The maximum absolute atomic E-state index is 14.2. The van der Waals surface area contributed by atoms with Crippen molar-refractivity contribution in [3.63, 3.8) is 0 Å². The van der Waals surface area contributed by atoms with Gasteiger partial charge in [-0.25, -0.2) is 9.59 Å². The highest BCUT2D eigenvalue weighted by Crippen LogP contribution is 2.39. The number of likely N-dealkylation sites (tertiary alicyclic amines) is 4. The zero-order valence-electron chi connectivity index (χ0n) is 33.6. The predicted octanol–water partition coefficient (Wildman–Crippen LogP) is 5.62. The summed E-state index contributed by atoms with van der Waals surface area (Å²) in [4.78, 5) is 73.7. The average molecular weight is 860 g/mol. The van der Waals surface area contributed by atoms with Crippen molar-refractivity contribution in [2.24, 2.45) is 11.8 Å². The molecule has 0 saturated carbocycles. The van der Waals surface area contributed by atoms with E-state index in [0.717, 1.165) is 49.7 Å². The molecular weight excluding hydrogens is 807 g/mol. The van der Waals surface area contributed by atoms with Crippen molar-refractivity contribution < 1.29 is 46.6 Å². The highest BCUT2D eigenvalue weighted by molar-refractivity contribution is 6.33. The van der Waals surface area contributed by atoms with Gasteiger partial charge < -0.3 is 40.1 Å². The third-order valence-electron chi connectivity index (χ3n) is 12.8. The number of hydrogen-bond donors (Lipinski definition) is 2. The molecule has 7 rings (SSSR count). The van der Waals surface area contributed by atoms with E-state index in [-0.39, 0.29) is 67.2 Å². The van der Waals surface area contributed by atoms with Gasteiger partial charge in [-0.05, 0) is 99.2 Å². The fourth-order valence-corrected chi connectivity index (χ4v) is 9.55. The molecule has 1 atom stereocenters. The first-order chi connectivity index (χ1) is 28.7. The van der Waals surface area contributed by atoms with Gasteiger partial charge in [0, 0.05) is 63.8 Å². The Morgan fingerprint density at radius 1 is 0.900 bits per heavy atom. The largest absolute Gasteiger partial charge is 0.463 e. The molecule has 60 heavy (non-hydrogen) atoms. The molecule has 0 radical (unpaired) electrons. The summed E-state index contributed by atoms with van der Waals surface area (Å²) < 4.78 is 53.0. The molecule has 14 nitrogen and oxygen atoms in total. The standard InChI is InChI=1S/C42H53ClF3N7O7/c43-33-23-27(22-32(38(33)47)42(44,45)46)24-35(60-41(58)52-18-11-31(12-19-52)53-25-30-4-1-2-5-34(30)48-40(53)57)39(56)51-16-9-29(10-17-51)28-7-14-49(15-8-28)26-37(55)59-21-20-50-13-3-6-36(50)54/h1-2,4-5,22-23,28-29,31,35H,3,6-21,24-26,47H2,(H,48,57)/t35-/m1/s1. The number of nitrogens with one attached hydrogen (secondary N) is 1. The predicted molar refractivity (Wildman–Crippen MR) is 216 cm³/mol. The summed E-state index contributed by atoms with van der Waals surface area (Å²) in [6.07, 6.45) is -1.78. The molecule has 5 aliphatic heterocycles. The number of fused-ring (bicyclic) bond motifs is 1. The lowest BCUT2D eigenvalue weighted by Crippen LogP contribution is -2.52. The van der Waals surface area contributed by atoms with Gasteiger partial charge in [0.25, 0.3) is 5.91 Å². The van der Waals surface area contributed by atoms with E-state index in [1.165, 1.54) is 11.0 Å². The summed E-state index contributed by atoms with van der Waals surface area (Å²) in [5.41, 5.74) is 5.74. The molecule has 5 heterocycles. The number of ether oxygens (including phenoxy) is 2. The number of carbonyl (C=O) groups excluding carboxylic acids is 5. The van der Waals surface area contributed by atoms with Gasteiger partial charge in [0.2, 0.25) is 5.91 Å². The number of halogens is 4. The number of urea groups is 1. The Bertz CT molecular complexity index is 1910. The van der Waals surface area contributed by atoms with Crippen LogP contribution in [0.15, 0.2) is 36.4 Å². The molecular formula is C42H53ClF3N7O7. The lowest BCUT2D eigenvalue weighted by Gasteiger charge is -2.41. The van der Waals surface area contributed by atoms with Crippen LogP contribution in [0.4, 0.5) is 34.1 Å². The number of para-hydroxylation sites is 1. The van der Waals surface area contributed by atoms with Gasteiger partial charge in [-0.2, -0.15) is 13.2 Å². The molecule has 0 bridgehead atoms. The molecule has 0 spiro atoms. The van der Waals surface area contributed by atoms with E-state index in [0.29, 0.717) is 76.7 Å². The fraction of sp³-hybridized carbons (Fsp3) is 0.595. The minimum absolute atomic E-state index is 0.0509. The van der Waals surface area contributed by atoms with E-state index in [1.54, 1.807) is 14.7 Å². The number of anilines is 2. The average Bonchev–Trinajstić information content (AvgIpc) is 3.65. The second-order valence-corrected chi connectivity index (χ2v) is 16.9. The summed E-state index contributed by atoms with van der Waals surface area (Å²) in [5, 5.41) is 2.61. The summed E-state index contributed by atoms with van der Waals surface area (Å²) >= 11 is 6.14. The minimum Gasteiger partial charge on any atom is -0.463 e. The Balaban J connectivity index is 0.930. The second kappa shape index (κ2) is 18.9. The third-order valence-corrected chi connectivity index (χ3v) is 13.1. The number of carbonyl (C=O) groups is 5. The van der Waals surface area contributed by atoms with Crippen LogP contribution in [0.25, 0.3) is 0 Å². The highest BCUT2D eigenvalue weighted by atomic mass is 35.5. The summed E-state index contributed by atoms with van der Waals surface area (Å²) in [5.74, 6) is 0.0314. The first-order valence-corrected chi connectivity index (χ1v) is 21.3. The van der Waals surface area contributed by atoms with Gasteiger partial charge >= 0.3 is 24.3 Å². The smallest absolute Gasteiger partial charge is 0.418 e. The van der Waals surface area contributed by atoms with Crippen molar-refractivity contribution in [3.8, 4) is 0 Å². The van der Waals surface area contributed by atoms with Gasteiger partial charge in [0.15, 0.2) is 6.10 Å². The van der Waals surface area contributed by atoms with E-state index in [4.69, 9.17) is 26.8 Å². The zero-order valence-corrected chi connectivity index (χ0v) is 34.4. The number of nitrogens with two attached hydrogens (primary N) is 1. The molecule has 0 aliphatic carbocycles. The summed E-state index contributed by atoms with van der Waals surface area (Å²) in [7, 11) is 0. The fourth-order valence-electron chi connectivity index (χ4n) is 9.31. The maximum Gasteiger partial charge on any atom is 0.418 e. The number of benzene rings is 2. The number of amides is 5. The van der Waals surface area contributed by atoms with Gasteiger partial charge in [-0.15, -0.1) is 0 Å². The lowest BCUT2D eigenvalue weighted by molar-refractivity contribution is -0.147. The van der Waals surface area contributed by atoms with Crippen LogP contribution < -0.4 is 11.1 Å². The van der Waals surface area contributed by atoms with Crippen molar-refractivity contribution >= 4 is 52.9 Å². The number of nitrogens with zero attached hydrogens (tertiary/aromatic N) is 5. The van der Waals surface area contributed by atoms with Gasteiger partial charge in [0.05, 0.1) is 29.4 Å². The molecule has 2 aromatic carbocycles. The van der Waals surface area contributed by atoms with Crippen LogP contribution in [-0.2, 0) is 43.0 Å². The Morgan fingerprint density at radius 2 is 1.57 bits per heavy atom. The van der Waals surface area contributed by atoms with Gasteiger partial charge in [-0.1, -0.05) is 29.8 Å². The molecule has 4 saturated heterocycles. The van der Waals surface area contributed by atoms with Crippen molar-refractivity contribution in [2.75, 3.05) is 76.6 Å². The quantitative estimate of drug-likeness (QED) is 0.216. The number of alkyl halides is 3. The normalized spacial score (nSPS) is 20.5. The van der Waals surface area contributed by atoms with E-state index >= 15 is 0 Å². The van der Waals surface area contributed by atoms with Crippen molar-refractivity contribution in [3.05, 3.63) is 58.1 Å². The monoisotopic (exact) mass is 859 g/mol. The number of nitrogen functional groups attached to an aromatic ring is 1. The van der Waals surface area contributed by atoms with Crippen molar-refractivity contribution in [2.45, 2.75) is 82.7 Å². The molecule has 326 valence electrons. The van der Waals surface area contributed by atoms with Crippen LogP contribution in [0.3, 0.4) is 0 Å². The van der Waals surface area contributed by atoms with Crippen molar-refractivity contribution in [1.29, 1.82) is 0 Å². The first kappa shape index (κ1) is 43.3. The Labute approximate surface area is 352 Å². The number of hydrogen-bond acceptors (Lipinski definition) is 9. The van der Waals surface area contributed by atoms with Crippen LogP contribution in [0.2, 0.25) is 5.02 Å². The molecule has 2 aromatic rings. The number of rotatable bonds is 11. The molecule has 3 N–H and O–H groups in total. The molecule has 18 heteroatoms. The second-order valence-electron chi connectivity index (χ2n) is 16.5. The van der Waals surface area contributed by atoms with Crippen LogP contribution in [0.1, 0.15) is 68.1 Å². The summed E-state index contributed by atoms with van der Waals surface area (Å²) in [6, 6.07) is 9.34. The topological polar surface area (TPSA) is 158 Å². The van der Waals surface area contributed by atoms with E-state index < -0.39 is 35.5 Å². The van der Waals surface area contributed by atoms with E-state index in [1.807, 2.05) is 24.3 Å². The molecule has 4 fully saturated rings. The third kappa shape index (κ3) is 10.4. The molecule has 0 unspecified atom stereocenters. The van der Waals surface area contributed by atoms with Gasteiger partial charge in [-0.3, -0.25) is 19.3 Å². The first-order valence-electron chi connectivity index (χ1n) is 20.9. The van der Waals surface area contributed by atoms with E-state index in [9.17, 15) is 37.1 Å². The van der Waals surface area contributed by atoms with Crippen LogP contribution in [-0.4, -0.2) is 132 Å². The highest BCUT2D eigenvalue weighted by Gasteiger charge is 2.39. The van der Waals surface area contributed by atoms with Crippen molar-refractivity contribution in [1.82, 2.24) is 24.5 Å². The molecule has 5 aliphatic rings. The number of esters is 1. The Morgan fingerprint density at radius 3 is 2.23 bits per heavy atom. The summed E-state index contributed by atoms with van der Waals surface area (Å²) in [6.45, 7) is 4.73. The SMILES string of the molecule is Nc1c(Cl)cc(C[C@@H](OC(=O)N2CCC(N3Cc4ccccc4NC3=O)CC2)C(=O)N2CCC(C3CCN(CC(=O)OCCN4CCCC4=O)CC3)CC2)cc1C(F)(F)F. The zero-order chi connectivity index (χ0) is 42.6. The minimum atomic E-state index is -4.80.